The number of hydrogen-bond donors (Lipinski definition) is 2. The Hall–Kier alpha value is -1.36. The number of rotatable bonds is 4. The van der Waals surface area contributed by atoms with Crippen LogP contribution < -0.4 is 16.0 Å². The second-order valence-electron chi connectivity index (χ2n) is 4.98. The molecule has 0 fully saturated rings. The molecule has 0 saturated heterocycles. The number of fused-ring (bicyclic) bond motifs is 1. The second kappa shape index (κ2) is 5.95. The van der Waals surface area contributed by atoms with Crippen LogP contribution in [0, 0.1) is 0 Å². The fourth-order valence-corrected chi connectivity index (χ4v) is 3.03. The van der Waals surface area contributed by atoms with Gasteiger partial charge in [-0.2, -0.15) is 0 Å². The van der Waals surface area contributed by atoms with Crippen LogP contribution in [0.2, 0.25) is 0 Å². The van der Waals surface area contributed by atoms with Crippen molar-refractivity contribution in [1.82, 2.24) is 5.43 Å². The molecule has 3 nitrogen and oxygen atoms in total. The van der Waals surface area contributed by atoms with Gasteiger partial charge < -0.3 is 4.74 Å². The van der Waals surface area contributed by atoms with E-state index in [-0.39, 0.29) is 6.04 Å². The fraction of sp³-hybridized carbons (Fsp3) is 0.250. The molecule has 104 valence electrons. The average Bonchev–Trinajstić information content (AvgIpc) is 2.94. The summed E-state index contributed by atoms with van der Waals surface area (Å²) in [6.07, 6.45) is 1.83. The Bertz CT molecular complexity index is 615. The van der Waals surface area contributed by atoms with Crippen LogP contribution >= 0.6 is 15.9 Å². The standard InChI is InChI=1S/C16H17BrN2O/c17-14-4-2-1-3-11(14)10-15(19-18)12-5-6-16-13(9-12)7-8-20-16/h1-6,9,15,19H,7-8,10,18H2. The van der Waals surface area contributed by atoms with Gasteiger partial charge in [-0.15, -0.1) is 0 Å². The zero-order valence-corrected chi connectivity index (χ0v) is 12.7. The summed E-state index contributed by atoms with van der Waals surface area (Å²) in [7, 11) is 0. The molecule has 0 radical (unpaired) electrons. The molecule has 2 aromatic carbocycles. The van der Waals surface area contributed by atoms with Crippen LogP contribution in [0.1, 0.15) is 22.7 Å². The van der Waals surface area contributed by atoms with Gasteiger partial charge in [0.25, 0.3) is 0 Å². The van der Waals surface area contributed by atoms with Gasteiger partial charge in [0.2, 0.25) is 0 Å². The Morgan fingerprint density at radius 1 is 1.25 bits per heavy atom. The van der Waals surface area contributed by atoms with Gasteiger partial charge in [0.05, 0.1) is 12.6 Å². The third kappa shape index (κ3) is 2.73. The first-order chi connectivity index (χ1) is 9.78. The Morgan fingerprint density at radius 3 is 2.90 bits per heavy atom. The molecular formula is C16H17BrN2O. The van der Waals surface area contributed by atoms with Gasteiger partial charge in [0.1, 0.15) is 5.75 Å². The molecule has 1 heterocycles. The maximum Gasteiger partial charge on any atom is 0.122 e. The summed E-state index contributed by atoms with van der Waals surface area (Å²) in [6.45, 7) is 0.781. The van der Waals surface area contributed by atoms with E-state index in [1.54, 1.807) is 0 Å². The third-order valence-corrected chi connectivity index (χ3v) is 4.47. The van der Waals surface area contributed by atoms with Crippen molar-refractivity contribution >= 4 is 15.9 Å². The van der Waals surface area contributed by atoms with E-state index in [9.17, 15) is 0 Å². The molecule has 4 heteroatoms. The smallest absolute Gasteiger partial charge is 0.122 e. The van der Waals surface area contributed by atoms with Gasteiger partial charge in [-0.3, -0.25) is 11.3 Å². The van der Waals surface area contributed by atoms with Crippen molar-refractivity contribution in [2.24, 2.45) is 5.84 Å². The molecule has 1 unspecified atom stereocenters. The molecule has 0 aliphatic carbocycles. The minimum Gasteiger partial charge on any atom is -0.493 e. The quantitative estimate of drug-likeness (QED) is 0.668. The lowest BCUT2D eigenvalue weighted by Gasteiger charge is -2.18. The normalized spacial score (nSPS) is 14.7. The third-order valence-electron chi connectivity index (χ3n) is 3.70. The van der Waals surface area contributed by atoms with E-state index in [0.29, 0.717) is 0 Å². The molecule has 0 amide bonds. The summed E-state index contributed by atoms with van der Waals surface area (Å²) in [5.41, 5.74) is 6.64. The van der Waals surface area contributed by atoms with Crippen molar-refractivity contribution in [2.75, 3.05) is 6.61 Å². The number of nitrogens with one attached hydrogen (secondary N) is 1. The molecule has 0 spiro atoms. The Labute approximate surface area is 127 Å². The molecule has 1 aliphatic rings. The number of benzene rings is 2. The Balaban J connectivity index is 1.85. The molecule has 0 saturated carbocycles. The van der Waals surface area contributed by atoms with E-state index in [0.717, 1.165) is 29.7 Å². The molecule has 3 N–H and O–H groups in total. The summed E-state index contributed by atoms with van der Waals surface area (Å²) >= 11 is 3.59. The molecule has 0 bridgehead atoms. The predicted molar refractivity (Wildman–Crippen MR) is 83.6 cm³/mol. The lowest BCUT2D eigenvalue weighted by atomic mass is 9.97. The van der Waals surface area contributed by atoms with Crippen molar-refractivity contribution in [3.8, 4) is 5.75 Å². The Kier molecular flexibility index (Phi) is 4.05. The summed E-state index contributed by atoms with van der Waals surface area (Å²) in [4.78, 5) is 0. The van der Waals surface area contributed by atoms with E-state index >= 15 is 0 Å². The summed E-state index contributed by atoms with van der Waals surface area (Å²) < 4.78 is 6.66. The van der Waals surface area contributed by atoms with Crippen LogP contribution in [0.5, 0.6) is 5.75 Å². The Morgan fingerprint density at radius 2 is 2.10 bits per heavy atom. The number of hydrogen-bond acceptors (Lipinski definition) is 3. The highest BCUT2D eigenvalue weighted by Crippen LogP contribution is 2.30. The maximum absolute atomic E-state index is 5.75. The van der Waals surface area contributed by atoms with E-state index in [1.165, 1.54) is 16.7 Å². The minimum atomic E-state index is 0.0969. The van der Waals surface area contributed by atoms with Crippen molar-refractivity contribution < 1.29 is 4.74 Å². The van der Waals surface area contributed by atoms with Gasteiger partial charge >= 0.3 is 0 Å². The first kappa shape index (κ1) is 13.6. The highest BCUT2D eigenvalue weighted by atomic mass is 79.9. The van der Waals surface area contributed by atoms with Crippen molar-refractivity contribution in [2.45, 2.75) is 18.9 Å². The highest BCUT2D eigenvalue weighted by molar-refractivity contribution is 9.10. The second-order valence-corrected chi connectivity index (χ2v) is 5.83. The van der Waals surface area contributed by atoms with Crippen LogP contribution in [-0.2, 0) is 12.8 Å². The molecule has 20 heavy (non-hydrogen) atoms. The topological polar surface area (TPSA) is 47.3 Å². The van der Waals surface area contributed by atoms with Crippen LogP contribution in [-0.4, -0.2) is 6.61 Å². The molecule has 2 aromatic rings. The van der Waals surface area contributed by atoms with Gasteiger partial charge in [-0.25, -0.2) is 0 Å². The zero-order valence-electron chi connectivity index (χ0n) is 11.1. The molecule has 1 aliphatic heterocycles. The summed E-state index contributed by atoms with van der Waals surface area (Å²) in [5, 5.41) is 0. The largest absolute Gasteiger partial charge is 0.493 e. The van der Waals surface area contributed by atoms with Gasteiger partial charge in [0.15, 0.2) is 0 Å². The molecular weight excluding hydrogens is 316 g/mol. The van der Waals surface area contributed by atoms with E-state index in [2.05, 4.69) is 45.6 Å². The zero-order chi connectivity index (χ0) is 13.9. The summed E-state index contributed by atoms with van der Waals surface area (Å²) in [5.74, 6) is 6.76. The SMILES string of the molecule is NNC(Cc1ccccc1Br)c1ccc2c(c1)CCO2. The molecule has 1 atom stereocenters. The lowest BCUT2D eigenvalue weighted by Crippen LogP contribution is -2.29. The molecule has 0 aromatic heterocycles. The number of hydrazine groups is 1. The van der Waals surface area contributed by atoms with Gasteiger partial charge in [0, 0.05) is 10.9 Å². The van der Waals surface area contributed by atoms with Crippen LogP contribution in [0.3, 0.4) is 0 Å². The predicted octanol–water partition coefficient (Wildman–Crippen LogP) is 3.13. The molecule has 3 rings (SSSR count). The van der Waals surface area contributed by atoms with Gasteiger partial charge in [-0.05, 0) is 35.2 Å². The highest BCUT2D eigenvalue weighted by Gasteiger charge is 2.17. The van der Waals surface area contributed by atoms with E-state index < -0.39 is 0 Å². The average molecular weight is 333 g/mol. The van der Waals surface area contributed by atoms with Crippen molar-refractivity contribution in [3.63, 3.8) is 0 Å². The lowest BCUT2D eigenvalue weighted by molar-refractivity contribution is 0.356. The fourth-order valence-electron chi connectivity index (χ4n) is 2.58. The number of nitrogens with two attached hydrogens (primary N) is 1. The van der Waals surface area contributed by atoms with Crippen LogP contribution in [0.15, 0.2) is 46.9 Å². The van der Waals surface area contributed by atoms with Crippen molar-refractivity contribution in [3.05, 3.63) is 63.6 Å². The van der Waals surface area contributed by atoms with E-state index in [4.69, 9.17) is 10.6 Å². The monoisotopic (exact) mass is 332 g/mol. The minimum absolute atomic E-state index is 0.0969. The number of ether oxygens (including phenoxy) is 1. The first-order valence-electron chi connectivity index (χ1n) is 6.73. The van der Waals surface area contributed by atoms with Gasteiger partial charge in [-0.1, -0.05) is 46.3 Å². The van der Waals surface area contributed by atoms with Crippen molar-refractivity contribution in [1.29, 1.82) is 0 Å². The van der Waals surface area contributed by atoms with E-state index in [1.807, 2.05) is 18.2 Å². The van der Waals surface area contributed by atoms with Crippen LogP contribution in [0.25, 0.3) is 0 Å². The summed E-state index contributed by atoms with van der Waals surface area (Å²) in [6, 6.07) is 14.7. The number of halogens is 1. The maximum atomic E-state index is 5.75. The van der Waals surface area contributed by atoms with Crippen LogP contribution in [0.4, 0.5) is 0 Å². The first-order valence-corrected chi connectivity index (χ1v) is 7.52.